The fourth-order valence-corrected chi connectivity index (χ4v) is 4.09. The van der Waals surface area contributed by atoms with Gasteiger partial charge in [-0.05, 0) is 48.5 Å². The number of halogens is 1. The Morgan fingerprint density at radius 2 is 1.68 bits per heavy atom. The van der Waals surface area contributed by atoms with Gasteiger partial charge in [0.15, 0.2) is 4.34 Å². The molecule has 4 aromatic rings. The van der Waals surface area contributed by atoms with E-state index in [1.54, 1.807) is 19.2 Å². The molecular weight excluding hydrogens is 439 g/mol. The van der Waals surface area contributed by atoms with E-state index in [0.717, 1.165) is 15.8 Å². The number of rotatable bonds is 8. The van der Waals surface area contributed by atoms with Crippen molar-refractivity contribution in [3.63, 3.8) is 0 Å². The second-order valence-electron chi connectivity index (χ2n) is 6.08. The lowest BCUT2D eigenvalue weighted by Crippen LogP contribution is -2.06. The molecule has 2 aromatic heterocycles. The molecule has 0 bridgehead atoms. The highest BCUT2D eigenvalue weighted by Gasteiger charge is 2.10. The van der Waals surface area contributed by atoms with Crippen LogP contribution in [0.5, 0.6) is 5.75 Å². The smallest absolute Gasteiger partial charge is 0.232 e. The topological polar surface area (TPSA) is 124 Å². The number of nitrogens with zero attached hydrogens (tertiary/aromatic N) is 5. The standard InChI is InChI=1S/C19H17FN8OS2/c1-29-14-8-6-13(7-9-14)23-18-27-28-19(31-18)30-10-15-24-16(21)26-17(25-15)22-12-4-2-11(20)3-5-12/h2-9H,10H2,1H3,(H,23,27)(H3,21,22,24,25,26). The molecule has 0 unspecified atom stereocenters. The SMILES string of the molecule is COc1ccc(Nc2nnc(SCc3nc(N)nc(Nc4ccc(F)cc4)n3)s2)cc1. The molecule has 2 heterocycles. The van der Waals surface area contributed by atoms with E-state index >= 15 is 0 Å². The quantitative estimate of drug-likeness (QED) is 0.332. The highest BCUT2D eigenvalue weighted by Crippen LogP contribution is 2.30. The van der Waals surface area contributed by atoms with Crippen LogP contribution in [0.4, 0.5) is 32.8 Å². The lowest BCUT2D eigenvalue weighted by Gasteiger charge is -2.06. The van der Waals surface area contributed by atoms with Crippen LogP contribution in [0.15, 0.2) is 52.9 Å². The molecule has 2 aromatic carbocycles. The molecule has 9 nitrogen and oxygen atoms in total. The fraction of sp³-hybridized carbons (Fsp3) is 0.105. The van der Waals surface area contributed by atoms with Gasteiger partial charge in [-0.15, -0.1) is 10.2 Å². The minimum absolute atomic E-state index is 0.0920. The Balaban J connectivity index is 1.37. The zero-order chi connectivity index (χ0) is 21.6. The van der Waals surface area contributed by atoms with Crippen molar-refractivity contribution in [2.24, 2.45) is 0 Å². The Bertz CT molecular complexity index is 1150. The van der Waals surface area contributed by atoms with Gasteiger partial charge >= 0.3 is 0 Å². The molecule has 31 heavy (non-hydrogen) atoms. The van der Waals surface area contributed by atoms with Crippen LogP contribution in [0.2, 0.25) is 0 Å². The van der Waals surface area contributed by atoms with Crippen LogP contribution in [0.25, 0.3) is 0 Å². The Hall–Kier alpha value is -3.51. The first kappa shape index (κ1) is 20.8. The molecule has 0 amide bonds. The molecule has 0 fully saturated rings. The lowest BCUT2D eigenvalue weighted by atomic mass is 10.3. The molecule has 0 aliphatic rings. The second-order valence-corrected chi connectivity index (χ2v) is 8.28. The number of hydrogen-bond donors (Lipinski definition) is 3. The third kappa shape index (κ3) is 5.77. The van der Waals surface area contributed by atoms with Gasteiger partial charge in [0.1, 0.15) is 17.4 Å². The lowest BCUT2D eigenvalue weighted by molar-refractivity contribution is 0.415. The van der Waals surface area contributed by atoms with Crippen LogP contribution in [0.3, 0.4) is 0 Å². The second kappa shape index (κ2) is 9.53. The number of nitrogens with one attached hydrogen (secondary N) is 2. The third-order valence-electron chi connectivity index (χ3n) is 3.87. The highest BCUT2D eigenvalue weighted by atomic mass is 32.2. The summed E-state index contributed by atoms with van der Waals surface area (Å²) in [6.45, 7) is 0. The number of nitrogen functional groups attached to an aromatic ring is 1. The van der Waals surface area contributed by atoms with Crippen molar-refractivity contribution in [1.82, 2.24) is 25.1 Å². The van der Waals surface area contributed by atoms with E-state index in [1.165, 1.54) is 35.2 Å². The third-order valence-corrected chi connectivity index (χ3v) is 5.84. The maximum atomic E-state index is 13.1. The summed E-state index contributed by atoms with van der Waals surface area (Å²) in [7, 11) is 1.62. The van der Waals surface area contributed by atoms with Crippen LogP contribution >= 0.6 is 23.1 Å². The maximum Gasteiger partial charge on any atom is 0.232 e. The van der Waals surface area contributed by atoms with Gasteiger partial charge in [0, 0.05) is 11.4 Å². The molecular formula is C19H17FN8OS2. The van der Waals surface area contributed by atoms with E-state index in [0.29, 0.717) is 22.4 Å². The molecule has 0 aliphatic carbocycles. The Kier molecular flexibility index (Phi) is 6.38. The van der Waals surface area contributed by atoms with Crippen LogP contribution in [0.1, 0.15) is 5.82 Å². The normalized spacial score (nSPS) is 10.6. The zero-order valence-corrected chi connectivity index (χ0v) is 17.9. The van der Waals surface area contributed by atoms with Gasteiger partial charge in [0.2, 0.25) is 17.0 Å². The molecule has 0 radical (unpaired) electrons. The minimum Gasteiger partial charge on any atom is -0.497 e. The van der Waals surface area contributed by atoms with E-state index in [9.17, 15) is 4.39 Å². The zero-order valence-electron chi connectivity index (χ0n) is 16.2. The average Bonchev–Trinajstić information content (AvgIpc) is 3.21. The molecule has 0 spiro atoms. The fourth-order valence-electron chi connectivity index (χ4n) is 2.46. The van der Waals surface area contributed by atoms with Gasteiger partial charge in [-0.3, -0.25) is 0 Å². The van der Waals surface area contributed by atoms with Gasteiger partial charge < -0.3 is 21.1 Å². The molecule has 158 valence electrons. The number of methoxy groups -OCH3 is 1. The van der Waals surface area contributed by atoms with Crippen LogP contribution in [-0.2, 0) is 5.75 Å². The Labute approximate surface area is 185 Å². The van der Waals surface area contributed by atoms with Gasteiger partial charge in [-0.1, -0.05) is 23.1 Å². The summed E-state index contributed by atoms with van der Waals surface area (Å²) in [5.41, 5.74) is 7.33. The minimum atomic E-state index is -0.323. The number of anilines is 5. The number of thioether (sulfide) groups is 1. The van der Waals surface area contributed by atoms with E-state index in [4.69, 9.17) is 10.5 Å². The Morgan fingerprint density at radius 1 is 0.968 bits per heavy atom. The summed E-state index contributed by atoms with van der Waals surface area (Å²) in [4.78, 5) is 12.6. The van der Waals surface area contributed by atoms with Gasteiger partial charge in [-0.25, -0.2) is 4.39 Å². The molecule has 12 heteroatoms. The summed E-state index contributed by atoms with van der Waals surface area (Å²) in [6.07, 6.45) is 0. The largest absolute Gasteiger partial charge is 0.497 e. The van der Waals surface area contributed by atoms with Crippen LogP contribution in [0, 0.1) is 5.82 Å². The molecule has 0 aliphatic heterocycles. The summed E-state index contributed by atoms with van der Waals surface area (Å²) in [5, 5.41) is 15.2. The van der Waals surface area contributed by atoms with Gasteiger partial charge in [0.25, 0.3) is 0 Å². The van der Waals surface area contributed by atoms with Crippen molar-refractivity contribution in [1.29, 1.82) is 0 Å². The summed E-state index contributed by atoms with van der Waals surface area (Å²) in [6, 6.07) is 13.4. The first-order chi connectivity index (χ1) is 15.1. The molecule has 0 saturated carbocycles. The average molecular weight is 457 g/mol. The van der Waals surface area contributed by atoms with E-state index < -0.39 is 0 Å². The number of nitrogens with two attached hydrogens (primary N) is 1. The number of ether oxygens (including phenoxy) is 1. The van der Waals surface area contributed by atoms with Crippen molar-refractivity contribution in [3.8, 4) is 5.75 Å². The summed E-state index contributed by atoms with van der Waals surface area (Å²) < 4.78 is 19.0. The Morgan fingerprint density at radius 3 is 2.42 bits per heavy atom. The monoisotopic (exact) mass is 456 g/mol. The van der Waals surface area contributed by atoms with Crippen molar-refractivity contribution in [3.05, 3.63) is 60.2 Å². The van der Waals surface area contributed by atoms with Crippen molar-refractivity contribution in [2.45, 2.75) is 10.1 Å². The predicted octanol–water partition coefficient (Wildman–Crippen LogP) is 4.23. The van der Waals surface area contributed by atoms with Gasteiger partial charge in [-0.2, -0.15) is 15.0 Å². The van der Waals surface area contributed by atoms with E-state index in [-0.39, 0.29) is 17.7 Å². The van der Waals surface area contributed by atoms with Gasteiger partial charge in [0.05, 0.1) is 12.9 Å². The molecule has 0 atom stereocenters. The summed E-state index contributed by atoms with van der Waals surface area (Å²) in [5.74, 6) is 1.76. The molecule has 4 rings (SSSR count). The van der Waals surface area contributed by atoms with Crippen LogP contribution < -0.4 is 21.1 Å². The molecule has 0 saturated heterocycles. The maximum absolute atomic E-state index is 13.1. The first-order valence-electron chi connectivity index (χ1n) is 8.98. The van der Waals surface area contributed by atoms with Crippen molar-refractivity contribution in [2.75, 3.05) is 23.5 Å². The number of aromatic nitrogens is 5. The number of hydrogen-bond acceptors (Lipinski definition) is 11. The predicted molar refractivity (Wildman–Crippen MR) is 120 cm³/mol. The van der Waals surface area contributed by atoms with Crippen molar-refractivity contribution < 1.29 is 9.13 Å². The highest BCUT2D eigenvalue weighted by molar-refractivity contribution is 8.00. The van der Waals surface area contributed by atoms with E-state index in [2.05, 4.69) is 35.8 Å². The first-order valence-corrected chi connectivity index (χ1v) is 10.8. The number of benzene rings is 2. The van der Waals surface area contributed by atoms with E-state index in [1.807, 2.05) is 24.3 Å². The summed E-state index contributed by atoms with van der Waals surface area (Å²) >= 11 is 2.85. The van der Waals surface area contributed by atoms with Crippen LogP contribution in [-0.4, -0.2) is 32.3 Å². The molecule has 4 N–H and O–H groups in total. The van der Waals surface area contributed by atoms with Crippen molar-refractivity contribution >= 4 is 51.5 Å².